The lowest BCUT2D eigenvalue weighted by atomic mass is 9.83. The van der Waals surface area contributed by atoms with Gasteiger partial charge in [-0.1, -0.05) is 19.3 Å². The lowest BCUT2D eigenvalue weighted by molar-refractivity contribution is -0.125. The van der Waals surface area contributed by atoms with Crippen LogP contribution < -0.4 is 11.1 Å². The van der Waals surface area contributed by atoms with Crippen molar-refractivity contribution in [3.63, 3.8) is 0 Å². The van der Waals surface area contributed by atoms with Crippen LogP contribution in [0.5, 0.6) is 0 Å². The van der Waals surface area contributed by atoms with Crippen LogP contribution in [0.4, 0.5) is 0 Å². The van der Waals surface area contributed by atoms with Crippen molar-refractivity contribution in [1.29, 1.82) is 0 Å². The summed E-state index contributed by atoms with van der Waals surface area (Å²) in [5.41, 5.74) is 5.56. The Bertz CT molecular complexity index is 238. The SMILES string of the molecule is CCOC(CN)CC(=O)NC1(C)CCCCC1. The Labute approximate surface area is 104 Å². The van der Waals surface area contributed by atoms with Gasteiger partial charge >= 0.3 is 0 Å². The fraction of sp³-hybridized carbons (Fsp3) is 0.923. The van der Waals surface area contributed by atoms with Crippen LogP contribution in [0.2, 0.25) is 0 Å². The number of nitrogens with one attached hydrogen (secondary N) is 1. The van der Waals surface area contributed by atoms with Crippen LogP contribution >= 0.6 is 0 Å². The fourth-order valence-corrected chi connectivity index (χ4v) is 2.50. The van der Waals surface area contributed by atoms with Crippen molar-refractivity contribution in [2.24, 2.45) is 5.73 Å². The lowest BCUT2D eigenvalue weighted by Gasteiger charge is -2.35. The summed E-state index contributed by atoms with van der Waals surface area (Å²) in [7, 11) is 0. The van der Waals surface area contributed by atoms with E-state index in [2.05, 4.69) is 12.2 Å². The van der Waals surface area contributed by atoms with E-state index in [1.165, 1.54) is 19.3 Å². The molecule has 100 valence electrons. The minimum atomic E-state index is -0.146. The number of carbonyl (C=O) groups is 1. The molecule has 1 fully saturated rings. The second-order valence-corrected chi connectivity index (χ2v) is 5.19. The minimum absolute atomic E-state index is 0.0132. The molecule has 0 radical (unpaired) electrons. The highest BCUT2D eigenvalue weighted by Crippen LogP contribution is 2.27. The molecule has 17 heavy (non-hydrogen) atoms. The van der Waals surface area contributed by atoms with Crippen LogP contribution in [0.3, 0.4) is 0 Å². The van der Waals surface area contributed by atoms with Gasteiger partial charge in [0.25, 0.3) is 0 Å². The van der Waals surface area contributed by atoms with Crippen molar-refractivity contribution in [1.82, 2.24) is 5.32 Å². The second-order valence-electron chi connectivity index (χ2n) is 5.19. The van der Waals surface area contributed by atoms with E-state index in [4.69, 9.17) is 10.5 Å². The molecule has 1 amide bonds. The number of amides is 1. The summed E-state index contributed by atoms with van der Waals surface area (Å²) in [6, 6.07) is 0. The monoisotopic (exact) mass is 242 g/mol. The van der Waals surface area contributed by atoms with Gasteiger partial charge in [0.1, 0.15) is 0 Å². The fourth-order valence-electron chi connectivity index (χ4n) is 2.50. The van der Waals surface area contributed by atoms with Crippen LogP contribution in [0.1, 0.15) is 52.4 Å². The van der Waals surface area contributed by atoms with E-state index in [9.17, 15) is 4.79 Å². The van der Waals surface area contributed by atoms with Gasteiger partial charge in [-0.25, -0.2) is 0 Å². The zero-order valence-corrected chi connectivity index (χ0v) is 11.1. The van der Waals surface area contributed by atoms with E-state index in [1.807, 2.05) is 6.92 Å². The zero-order valence-electron chi connectivity index (χ0n) is 11.1. The molecule has 0 aromatic rings. The molecular weight excluding hydrogens is 216 g/mol. The second kappa shape index (κ2) is 6.97. The molecule has 0 aromatic heterocycles. The predicted molar refractivity (Wildman–Crippen MR) is 68.7 cm³/mol. The minimum Gasteiger partial charge on any atom is -0.377 e. The van der Waals surface area contributed by atoms with Gasteiger partial charge in [-0.15, -0.1) is 0 Å². The summed E-state index contributed by atoms with van der Waals surface area (Å²) < 4.78 is 5.40. The summed E-state index contributed by atoms with van der Waals surface area (Å²) in [4.78, 5) is 11.9. The van der Waals surface area contributed by atoms with Gasteiger partial charge in [0.15, 0.2) is 0 Å². The van der Waals surface area contributed by atoms with Crippen molar-refractivity contribution >= 4 is 5.91 Å². The quantitative estimate of drug-likeness (QED) is 0.743. The first-order chi connectivity index (χ1) is 8.09. The van der Waals surface area contributed by atoms with Gasteiger partial charge in [-0.05, 0) is 26.7 Å². The molecule has 1 unspecified atom stereocenters. The van der Waals surface area contributed by atoms with Crippen LogP contribution in [-0.4, -0.2) is 30.7 Å². The van der Waals surface area contributed by atoms with Crippen molar-refractivity contribution in [3.05, 3.63) is 0 Å². The van der Waals surface area contributed by atoms with Gasteiger partial charge in [-0.2, -0.15) is 0 Å². The Hall–Kier alpha value is -0.610. The molecule has 0 saturated heterocycles. The highest BCUT2D eigenvalue weighted by Gasteiger charge is 2.28. The highest BCUT2D eigenvalue weighted by molar-refractivity contribution is 5.77. The largest absolute Gasteiger partial charge is 0.377 e. The molecule has 0 bridgehead atoms. The predicted octanol–water partition coefficient (Wildman–Crippen LogP) is 1.58. The first-order valence-electron chi connectivity index (χ1n) is 6.72. The number of hydrogen-bond acceptors (Lipinski definition) is 3. The number of carbonyl (C=O) groups excluding carboxylic acids is 1. The van der Waals surface area contributed by atoms with E-state index < -0.39 is 0 Å². The maximum Gasteiger partial charge on any atom is 0.223 e. The Morgan fingerprint density at radius 1 is 1.41 bits per heavy atom. The molecule has 4 nitrogen and oxygen atoms in total. The average molecular weight is 242 g/mol. The third-order valence-electron chi connectivity index (χ3n) is 3.48. The smallest absolute Gasteiger partial charge is 0.223 e. The third kappa shape index (κ3) is 5.04. The van der Waals surface area contributed by atoms with Gasteiger partial charge in [-0.3, -0.25) is 4.79 Å². The summed E-state index contributed by atoms with van der Waals surface area (Å²) in [6.07, 6.45) is 6.11. The number of rotatable bonds is 6. The van der Waals surface area contributed by atoms with E-state index in [1.54, 1.807) is 0 Å². The maximum absolute atomic E-state index is 11.9. The maximum atomic E-state index is 11.9. The number of nitrogens with two attached hydrogens (primary N) is 1. The van der Waals surface area contributed by atoms with Crippen molar-refractivity contribution in [3.8, 4) is 0 Å². The van der Waals surface area contributed by atoms with E-state index in [0.29, 0.717) is 19.6 Å². The Morgan fingerprint density at radius 2 is 2.06 bits per heavy atom. The summed E-state index contributed by atoms with van der Waals surface area (Å²) in [5.74, 6) is 0.0679. The van der Waals surface area contributed by atoms with Gasteiger partial charge < -0.3 is 15.8 Å². The van der Waals surface area contributed by atoms with E-state index >= 15 is 0 Å². The molecule has 1 aliphatic carbocycles. The molecule has 1 atom stereocenters. The van der Waals surface area contributed by atoms with Crippen LogP contribution in [0, 0.1) is 0 Å². The van der Waals surface area contributed by atoms with Gasteiger partial charge in [0, 0.05) is 18.7 Å². The van der Waals surface area contributed by atoms with Crippen molar-refractivity contribution < 1.29 is 9.53 Å². The molecule has 0 aromatic carbocycles. The molecule has 1 aliphatic rings. The Morgan fingerprint density at radius 3 is 2.59 bits per heavy atom. The van der Waals surface area contributed by atoms with Crippen molar-refractivity contribution in [2.45, 2.75) is 64.0 Å². The summed E-state index contributed by atoms with van der Waals surface area (Å²) >= 11 is 0. The lowest BCUT2D eigenvalue weighted by Crippen LogP contribution is -2.48. The number of hydrogen-bond donors (Lipinski definition) is 2. The molecule has 0 aliphatic heterocycles. The molecular formula is C13H26N2O2. The van der Waals surface area contributed by atoms with E-state index in [0.717, 1.165) is 12.8 Å². The van der Waals surface area contributed by atoms with Crippen LogP contribution in [0.25, 0.3) is 0 Å². The van der Waals surface area contributed by atoms with Crippen molar-refractivity contribution in [2.75, 3.05) is 13.2 Å². The first kappa shape index (κ1) is 14.5. The molecule has 0 spiro atoms. The van der Waals surface area contributed by atoms with Crippen LogP contribution in [0.15, 0.2) is 0 Å². The highest BCUT2D eigenvalue weighted by atomic mass is 16.5. The molecule has 3 N–H and O–H groups in total. The Balaban J connectivity index is 2.36. The van der Waals surface area contributed by atoms with E-state index in [-0.39, 0.29) is 17.6 Å². The Kier molecular flexibility index (Phi) is 5.92. The molecule has 1 rings (SSSR count). The number of ether oxygens (including phenoxy) is 1. The van der Waals surface area contributed by atoms with Crippen LogP contribution in [-0.2, 0) is 9.53 Å². The first-order valence-corrected chi connectivity index (χ1v) is 6.72. The van der Waals surface area contributed by atoms with Gasteiger partial charge in [0.05, 0.1) is 12.5 Å². The topological polar surface area (TPSA) is 64.3 Å². The molecule has 1 saturated carbocycles. The van der Waals surface area contributed by atoms with Gasteiger partial charge in [0.2, 0.25) is 5.91 Å². The third-order valence-corrected chi connectivity index (χ3v) is 3.48. The normalized spacial score (nSPS) is 20.9. The molecule has 4 heteroatoms. The molecule has 0 heterocycles. The summed E-state index contributed by atoms with van der Waals surface area (Å²) in [6.45, 7) is 5.07. The standard InChI is InChI=1S/C13H26N2O2/c1-3-17-11(10-14)9-12(16)15-13(2)7-5-4-6-8-13/h11H,3-10,14H2,1-2H3,(H,15,16). The summed E-state index contributed by atoms with van der Waals surface area (Å²) in [5, 5.41) is 3.14. The zero-order chi connectivity index (χ0) is 12.7. The average Bonchev–Trinajstić information content (AvgIpc) is 2.28.